The average molecular weight is 350 g/mol. The number of hydrogen-bond acceptors (Lipinski definition) is 2. The first-order chi connectivity index (χ1) is 12.6. The van der Waals surface area contributed by atoms with Crippen molar-refractivity contribution in [2.45, 2.75) is 51.0 Å². The molecule has 136 valence electrons. The fraction of sp³-hybridized carbons (Fsp3) is 0.364. The van der Waals surface area contributed by atoms with Crippen molar-refractivity contribution in [2.75, 3.05) is 0 Å². The Balaban J connectivity index is 1.87. The summed E-state index contributed by atoms with van der Waals surface area (Å²) >= 11 is 0. The van der Waals surface area contributed by atoms with Crippen LogP contribution in [-0.4, -0.2) is 17.4 Å². The average Bonchev–Trinajstić information content (AvgIpc) is 3.11. The van der Waals surface area contributed by atoms with E-state index >= 15 is 0 Å². The highest BCUT2D eigenvalue weighted by Gasteiger charge is 2.40. The molecule has 0 aromatic heterocycles. The van der Waals surface area contributed by atoms with Crippen LogP contribution in [0.2, 0.25) is 0 Å². The van der Waals surface area contributed by atoms with E-state index in [2.05, 4.69) is 30.5 Å². The molecule has 4 heteroatoms. The number of unbranched alkanes of at least 4 members (excludes halogenated alkanes) is 1. The lowest BCUT2D eigenvalue weighted by molar-refractivity contribution is -0.123. The maximum atomic E-state index is 12.7. The second kappa shape index (κ2) is 7.73. The van der Waals surface area contributed by atoms with Crippen LogP contribution in [0.4, 0.5) is 0 Å². The van der Waals surface area contributed by atoms with Crippen molar-refractivity contribution in [1.82, 2.24) is 5.32 Å². The molecule has 0 radical (unpaired) electrons. The highest BCUT2D eigenvalue weighted by Crippen LogP contribution is 2.30. The van der Waals surface area contributed by atoms with Crippen molar-refractivity contribution in [2.24, 2.45) is 5.73 Å². The molecular formula is C22H26N2O2. The van der Waals surface area contributed by atoms with Gasteiger partial charge in [-0.05, 0) is 47.7 Å². The fourth-order valence-electron chi connectivity index (χ4n) is 3.67. The Bertz CT molecular complexity index is 848. The van der Waals surface area contributed by atoms with Gasteiger partial charge in [-0.15, -0.1) is 0 Å². The lowest BCUT2D eigenvalue weighted by atomic mass is 9.95. The zero-order valence-corrected chi connectivity index (χ0v) is 15.3. The number of carbonyl (C=O) groups is 2. The second-order valence-corrected chi connectivity index (χ2v) is 7.08. The normalized spacial score (nSPS) is 16.2. The minimum Gasteiger partial charge on any atom is -0.368 e. The molecule has 1 saturated carbocycles. The van der Waals surface area contributed by atoms with E-state index in [-0.39, 0.29) is 5.91 Å². The van der Waals surface area contributed by atoms with Crippen LogP contribution in [-0.2, 0) is 4.79 Å². The zero-order valence-electron chi connectivity index (χ0n) is 15.3. The molecule has 4 nitrogen and oxygen atoms in total. The first-order valence-electron chi connectivity index (χ1n) is 9.37. The first-order valence-corrected chi connectivity index (χ1v) is 9.37. The topological polar surface area (TPSA) is 72.2 Å². The quantitative estimate of drug-likeness (QED) is 0.820. The second-order valence-electron chi connectivity index (χ2n) is 7.08. The summed E-state index contributed by atoms with van der Waals surface area (Å²) < 4.78 is 0. The van der Waals surface area contributed by atoms with Crippen LogP contribution in [0.3, 0.4) is 0 Å². The largest absolute Gasteiger partial charge is 0.368 e. The van der Waals surface area contributed by atoms with E-state index in [1.54, 1.807) is 0 Å². The summed E-state index contributed by atoms with van der Waals surface area (Å²) in [6, 6.07) is 11.8. The molecule has 3 N–H and O–H groups in total. The molecule has 0 heterocycles. The van der Waals surface area contributed by atoms with E-state index in [1.807, 2.05) is 30.3 Å². The number of nitrogens with two attached hydrogens (primary N) is 1. The number of carbonyl (C=O) groups excluding carboxylic acids is 2. The van der Waals surface area contributed by atoms with Crippen molar-refractivity contribution in [3.05, 3.63) is 53.6 Å². The molecule has 2 aromatic carbocycles. The number of hydrogen-bond donors (Lipinski definition) is 2. The summed E-state index contributed by atoms with van der Waals surface area (Å²) in [6.45, 7) is 2.15. The highest BCUT2D eigenvalue weighted by atomic mass is 16.2. The summed E-state index contributed by atoms with van der Waals surface area (Å²) in [5, 5.41) is 5.02. The maximum Gasteiger partial charge on any atom is 0.252 e. The van der Waals surface area contributed by atoms with Gasteiger partial charge in [-0.3, -0.25) is 9.59 Å². The van der Waals surface area contributed by atoms with Gasteiger partial charge in [0.1, 0.15) is 5.54 Å². The Morgan fingerprint density at radius 2 is 1.96 bits per heavy atom. The molecule has 0 spiro atoms. The zero-order chi connectivity index (χ0) is 18.6. The minimum absolute atomic E-state index is 0.237. The molecule has 0 aliphatic heterocycles. The summed E-state index contributed by atoms with van der Waals surface area (Å²) in [6.07, 6.45) is 9.53. The van der Waals surface area contributed by atoms with Crippen molar-refractivity contribution in [1.29, 1.82) is 0 Å². The van der Waals surface area contributed by atoms with Crippen LogP contribution < -0.4 is 11.1 Å². The van der Waals surface area contributed by atoms with Gasteiger partial charge < -0.3 is 11.1 Å². The highest BCUT2D eigenvalue weighted by molar-refractivity contribution is 6.02. The molecule has 0 saturated heterocycles. The van der Waals surface area contributed by atoms with E-state index in [9.17, 15) is 9.59 Å². The first kappa shape index (κ1) is 18.2. The molecule has 3 rings (SSSR count). The summed E-state index contributed by atoms with van der Waals surface area (Å²) in [7, 11) is 0. The molecular weight excluding hydrogens is 324 g/mol. The van der Waals surface area contributed by atoms with Crippen molar-refractivity contribution < 1.29 is 9.59 Å². The van der Waals surface area contributed by atoms with Gasteiger partial charge in [0, 0.05) is 5.56 Å². The molecule has 0 bridgehead atoms. The van der Waals surface area contributed by atoms with Gasteiger partial charge in [0.15, 0.2) is 0 Å². The summed E-state index contributed by atoms with van der Waals surface area (Å²) in [5.41, 5.74) is 6.38. The Morgan fingerprint density at radius 3 is 2.65 bits per heavy atom. The molecule has 26 heavy (non-hydrogen) atoms. The Kier molecular flexibility index (Phi) is 5.40. The van der Waals surface area contributed by atoms with Crippen LogP contribution in [0.5, 0.6) is 0 Å². The lowest BCUT2D eigenvalue weighted by Gasteiger charge is -2.26. The number of rotatable bonds is 6. The standard InChI is InChI=1S/C22H26N2O2/c1-2-3-4-8-16-9-7-10-17-15-18(11-12-19(16)17)20(25)24-22(21(23)26)13-5-6-14-22/h4,7-12,15H,2-3,5-6,13-14H2,1H3,(H2,23,26)(H,24,25)/b8-4+. The van der Waals surface area contributed by atoms with Crippen LogP contribution in [0.15, 0.2) is 42.5 Å². The van der Waals surface area contributed by atoms with Gasteiger partial charge in [-0.1, -0.05) is 62.6 Å². The SMILES string of the molecule is CCC/C=C/c1cccc2cc(C(=O)NC3(C(N)=O)CCCC3)ccc12. The minimum atomic E-state index is -0.892. The van der Waals surface area contributed by atoms with E-state index in [0.29, 0.717) is 18.4 Å². The molecule has 0 atom stereocenters. The smallest absolute Gasteiger partial charge is 0.252 e. The third-order valence-electron chi connectivity index (χ3n) is 5.21. The van der Waals surface area contributed by atoms with Crippen LogP contribution in [0, 0.1) is 0 Å². The van der Waals surface area contributed by atoms with E-state index in [4.69, 9.17) is 5.73 Å². The van der Waals surface area contributed by atoms with Crippen molar-refractivity contribution >= 4 is 28.7 Å². The molecule has 1 aliphatic carbocycles. The lowest BCUT2D eigenvalue weighted by Crippen LogP contribution is -2.55. The van der Waals surface area contributed by atoms with Crippen molar-refractivity contribution in [3.63, 3.8) is 0 Å². The predicted octanol–water partition coefficient (Wildman–Crippen LogP) is 4.18. The summed E-state index contributed by atoms with van der Waals surface area (Å²) in [5.74, 6) is -0.674. The molecule has 0 unspecified atom stereocenters. The van der Waals surface area contributed by atoms with Gasteiger partial charge in [0.2, 0.25) is 5.91 Å². The molecule has 1 aliphatic rings. The Morgan fingerprint density at radius 1 is 1.19 bits per heavy atom. The maximum absolute atomic E-state index is 12.7. The number of amides is 2. The van der Waals surface area contributed by atoms with E-state index in [1.165, 1.54) is 0 Å². The van der Waals surface area contributed by atoms with Crippen LogP contribution >= 0.6 is 0 Å². The summed E-state index contributed by atoms with van der Waals surface area (Å²) in [4.78, 5) is 24.6. The van der Waals surface area contributed by atoms with E-state index < -0.39 is 11.4 Å². The van der Waals surface area contributed by atoms with E-state index in [0.717, 1.165) is 42.0 Å². The molecule has 1 fully saturated rings. The number of fused-ring (bicyclic) bond motifs is 1. The third-order valence-corrected chi connectivity index (χ3v) is 5.21. The van der Waals surface area contributed by atoms with Gasteiger partial charge in [0.25, 0.3) is 5.91 Å². The molecule has 2 amide bonds. The number of allylic oxidation sites excluding steroid dienone is 1. The molecule has 2 aromatic rings. The third kappa shape index (κ3) is 3.64. The fourth-order valence-corrected chi connectivity index (χ4v) is 3.67. The van der Waals surface area contributed by atoms with Gasteiger partial charge in [-0.25, -0.2) is 0 Å². The van der Waals surface area contributed by atoms with Gasteiger partial charge in [-0.2, -0.15) is 0 Å². The van der Waals surface area contributed by atoms with Crippen molar-refractivity contribution in [3.8, 4) is 0 Å². The number of nitrogens with one attached hydrogen (secondary N) is 1. The Hall–Kier alpha value is -2.62. The Labute approximate surface area is 154 Å². The van der Waals surface area contributed by atoms with Crippen LogP contribution in [0.1, 0.15) is 61.4 Å². The predicted molar refractivity (Wildman–Crippen MR) is 106 cm³/mol. The number of primary amides is 1. The monoisotopic (exact) mass is 350 g/mol. The van der Waals surface area contributed by atoms with Gasteiger partial charge in [0.05, 0.1) is 0 Å². The van der Waals surface area contributed by atoms with Gasteiger partial charge >= 0.3 is 0 Å². The number of benzene rings is 2. The van der Waals surface area contributed by atoms with Crippen LogP contribution in [0.25, 0.3) is 16.8 Å².